The molecular formula is C6H12NO2. The van der Waals surface area contributed by atoms with Crippen LogP contribution in [0.4, 0.5) is 0 Å². The van der Waals surface area contributed by atoms with E-state index in [1.807, 2.05) is 0 Å². The van der Waals surface area contributed by atoms with Crippen LogP contribution in [0.15, 0.2) is 0 Å². The van der Waals surface area contributed by atoms with E-state index in [0.29, 0.717) is 0 Å². The van der Waals surface area contributed by atoms with Crippen molar-refractivity contribution < 1.29 is 9.90 Å². The molecule has 0 rings (SSSR count). The minimum atomic E-state index is -1.04. The lowest BCUT2D eigenvalue weighted by atomic mass is 9.99. The molecule has 0 aromatic carbocycles. The van der Waals surface area contributed by atoms with Crippen molar-refractivity contribution in [3.63, 3.8) is 0 Å². The van der Waals surface area contributed by atoms with Gasteiger partial charge in [0.05, 0.1) is 12.0 Å². The maximum Gasteiger partial charge on any atom is 0.220 e. The van der Waals surface area contributed by atoms with Crippen molar-refractivity contribution in [1.82, 2.24) is 0 Å². The van der Waals surface area contributed by atoms with Gasteiger partial charge in [-0.3, -0.25) is 4.79 Å². The van der Waals surface area contributed by atoms with E-state index in [1.54, 1.807) is 6.92 Å². The van der Waals surface area contributed by atoms with Crippen molar-refractivity contribution >= 4 is 5.91 Å². The van der Waals surface area contributed by atoms with Crippen molar-refractivity contribution in [1.29, 1.82) is 0 Å². The molecule has 1 atom stereocenters. The van der Waals surface area contributed by atoms with E-state index >= 15 is 0 Å². The first-order valence-corrected chi connectivity index (χ1v) is 2.79. The van der Waals surface area contributed by atoms with Crippen LogP contribution >= 0.6 is 0 Å². The fourth-order valence-electron chi connectivity index (χ4n) is 0.455. The van der Waals surface area contributed by atoms with E-state index in [9.17, 15) is 4.79 Å². The number of amides is 1. The Morgan fingerprint density at radius 3 is 2.44 bits per heavy atom. The number of primary amides is 1. The molecule has 3 heteroatoms. The lowest BCUT2D eigenvalue weighted by Crippen LogP contribution is -2.30. The third kappa shape index (κ3) is 3.97. The normalized spacial score (nSPS) is 16.8. The molecule has 53 valence electrons. The molecule has 0 aliphatic carbocycles. The first-order chi connectivity index (χ1) is 3.98. The van der Waals surface area contributed by atoms with E-state index in [0.717, 1.165) is 0 Å². The van der Waals surface area contributed by atoms with Crippen LogP contribution in [0.25, 0.3) is 0 Å². The zero-order chi connectivity index (χ0) is 7.49. The van der Waals surface area contributed by atoms with E-state index in [-0.39, 0.29) is 6.42 Å². The van der Waals surface area contributed by atoms with E-state index in [1.165, 1.54) is 13.3 Å². The highest BCUT2D eigenvalue weighted by atomic mass is 16.3. The summed E-state index contributed by atoms with van der Waals surface area (Å²) in [6, 6.07) is 0. The van der Waals surface area contributed by atoms with Gasteiger partial charge in [-0.05, 0) is 13.3 Å². The zero-order valence-electron chi connectivity index (χ0n) is 5.72. The number of carbonyl (C=O) groups excluding carboxylic acids is 1. The van der Waals surface area contributed by atoms with E-state index < -0.39 is 11.5 Å². The monoisotopic (exact) mass is 130 g/mol. The molecule has 0 aromatic rings. The minimum Gasteiger partial charge on any atom is -0.389 e. The maximum absolute atomic E-state index is 10.2. The lowest BCUT2D eigenvalue weighted by Gasteiger charge is -2.17. The summed E-state index contributed by atoms with van der Waals surface area (Å²) in [5.74, 6) is -0.488. The lowest BCUT2D eigenvalue weighted by molar-refractivity contribution is -0.121. The van der Waals surface area contributed by atoms with Crippen molar-refractivity contribution in [2.45, 2.75) is 25.9 Å². The summed E-state index contributed by atoms with van der Waals surface area (Å²) in [6.45, 7) is 3.22. The second kappa shape index (κ2) is 2.82. The number of carbonyl (C=O) groups is 1. The van der Waals surface area contributed by atoms with Gasteiger partial charge in [-0.1, -0.05) is 6.92 Å². The Kier molecular flexibility index (Phi) is 2.65. The van der Waals surface area contributed by atoms with Crippen LogP contribution in [0.5, 0.6) is 0 Å². The summed E-state index contributed by atoms with van der Waals surface area (Å²) < 4.78 is 0. The summed E-state index contributed by atoms with van der Waals surface area (Å²) in [5.41, 5.74) is 3.80. The average molecular weight is 130 g/mol. The van der Waals surface area contributed by atoms with Gasteiger partial charge in [0, 0.05) is 0 Å². The van der Waals surface area contributed by atoms with Crippen LogP contribution in [-0.4, -0.2) is 16.6 Å². The third-order valence-corrected chi connectivity index (χ3v) is 1.15. The number of aliphatic hydroxyl groups is 1. The second-order valence-corrected chi connectivity index (χ2v) is 2.29. The summed E-state index contributed by atoms with van der Waals surface area (Å²) in [6.07, 6.45) is 1.53. The molecule has 0 spiro atoms. The first-order valence-electron chi connectivity index (χ1n) is 2.79. The average Bonchev–Trinajstić information content (AvgIpc) is 1.63. The predicted molar refractivity (Wildman–Crippen MR) is 34.4 cm³/mol. The SMILES string of the molecule is C[CH][C@@](C)(O)CC(N)=O. The fourth-order valence-corrected chi connectivity index (χ4v) is 0.455. The van der Waals surface area contributed by atoms with Gasteiger partial charge in [0.25, 0.3) is 0 Å². The van der Waals surface area contributed by atoms with Crippen LogP contribution in [0.2, 0.25) is 0 Å². The van der Waals surface area contributed by atoms with Gasteiger partial charge in [0.15, 0.2) is 0 Å². The van der Waals surface area contributed by atoms with Crippen LogP contribution in [0.1, 0.15) is 20.3 Å². The molecule has 1 amide bonds. The van der Waals surface area contributed by atoms with Crippen LogP contribution in [0, 0.1) is 6.42 Å². The highest BCUT2D eigenvalue weighted by Gasteiger charge is 2.19. The van der Waals surface area contributed by atoms with Crippen molar-refractivity contribution in [3.05, 3.63) is 6.42 Å². The molecule has 0 bridgehead atoms. The molecule has 9 heavy (non-hydrogen) atoms. The molecule has 3 nitrogen and oxygen atoms in total. The van der Waals surface area contributed by atoms with E-state index in [4.69, 9.17) is 10.8 Å². The fraction of sp³-hybridized carbons (Fsp3) is 0.667. The smallest absolute Gasteiger partial charge is 0.220 e. The third-order valence-electron chi connectivity index (χ3n) is 1.15. The van der Waals surface area contributed by atoms with Gasteiger partial charge in [-0.15, -0.1) is 0 Å². The van der Waals surface area contributed by atoms with Crippen LogP contribution in [0.3, 0.4) is 0 Å². The first kappa shape index (κ1) is 8.43. The minimum absolute atomic E-state index is 0.0104. The van der Waals surface area contributed by atoms with Gasteiger partial charge in [-0.2, -0.15) is 0 Å². The Morgan fingerprint density at radius 1 is 1.89 bits per heavy atom. The van der Waals surface area contributed by atoms with Gasteiger partial charge in [0.2, 0.25) is 5.91 Å². The molecule has 3 N–H and O–H groups in total. The molecule has 0 saturated carbocycles. The Morgan fingerprint density at radius 2 is 2.33 bits per heavy atom. The molecule has 1 radical (unpaired) electrons. The molecule has 0 heterocycles. The Bertz CT molecular complexity index is 110. The Labute approximate surface area is 54.9 Å². The molecule has 0 aromatic heterocycles. The molecule has 0 unspecified atom stereocenters. The topological polar surface area (TPSA) is 63.3 Å². The predicted octanol–water partition coefficient (Wildman–Crippen LogP) is -0.163. The van der Waals surface area contributed by atoms with Crippen LogP contribution in [-0.2, 0) is 4.79 Å². The number of hydrogen-bond donors (Lipinski definition) is 2. The van der Waals surface area contributed by atoms with Gasteiger partial charge < -0.3 is 10.8 Å². The highest BCUT2D eigenvalue weighted by molar-refractivity contribution is 5.75. The quantitative estimate of drug-likeness (QED) is 0.557. The number of hydrogen-bond acceptors (Lipinski definition) is 2. The second-order valence-electron chi connectivity index (χ2n) is 2.29. The summed E-state index contributed by atoms with van der Waals surface area (Å²) in [4.78, 5) is 10.2. The Hall–Kier alpha value is -0.570. The standard InChI is InChI=1S/C6H12NO2/c1-3-6(2,9)4-5(7)8/h3,9H,4H2,1-2H3,(H2,7,8)/t6-/m1/s1. The molecule has 0 fully saturated rings. The van der Waals surface area contributed by atoms with Crippen molar-refractivity contribution in [2.24, 2.45) is 5.73 Å². The number of nitrogens with two attached hydrogens (primary N) is 1. The van der Waals surface area contributed by atoms with Crippen LogP contribution < -0.4 is 5.73 Å². The highest BCUT2D eigenvalue weighted by Crippen LogP contribution is 2.10. The Balaban J connectivity index is 3.71. The van der Waals surface area contributed by atoms with Crippen molar-refractivity contribution in [2.75, 3.05) is 0 Å². The molecule has 0 aliphatic rings. The molecular weight excluding hydrogens is 118 g/mol. The molecule has 0 aliphatic heterocycles. The molecule has 0 saturated heterocycles. The van der Waals surface area contributed by atoms with Crippen molar-refractivity contribution in [3.8, 4) is 0 Å². The maximum atomic E-state index is 10.2. The van der Waals surface area contributed by atoms with Gasteiger partial charge in [0.1, 0.15) is 0 Å². The summed E-state index contributed by atoms with van der Waals surface area (Å²) >= 11 is 0. The largest absolute Gasteiger partial charge is 0.389 e. The van der Waals surface area contributed by atoms with Gasteiger partial charge >= 0.3 is 0 Å². The summed E-state index contributed by atoms with van der Waals surface area (Å²) in [7, 11) is 0. The zero-order valence-corrected chi connectivity index (χ0v) is 5.72. The van der Waals surface area contributed by atoms with Gasteiger partial charge in [-0.25, -0.2) is 0 Å². The number of rotatable bonds is 3. The van der Waals surface area contributed by atoms with E-state index in [2.05, 4.69) is 0 Å². The summed E-state index contributed by atoms with van der Waals surface area (Å²) in [5, 5.41) is 9.14.